The van der Waals surface area contributed by atoms with Crippen molar-refractivity contribution in [1.29, 1.82) is 0 Å². The Morgan fingerprint density at radius 3 is 1.62 bits per heavy atom. The van der Waals surface area contributed by atoms with Crippen LogP contribution in [-0.4, -0.2) is 65.4 Å². The topological polar surface area (TPSA) is 143 Å². The van der Waals surface area contributed by atoms with E-state index in [-0.39, 0.29) is 19.3 Å². The summed E-state index contributed by atoms with van der Waals surface area (Å²) >= 11 is 0. The lowest BCUT2D eigenvalue weighted by molar-refractivity contribution is -0.145. The molecule has 0 aliphatic carbocycles. The van der Waals surface area contributed by atoms with Gasteiger partial charge in [-0.2, -0.15) is 0 Å². The maximum Gasteiger partial charge on any atom is 0.408 e. The van der Waals surface area contributed by atoms with Gasteiger partial charge in [0.15, 0.2) is 0 Å². The first-order valence-corrected chi connectivity index (χ1v) is 13.1. The summed E-state index contributed by atoms with van der Waals surface area (Å²) in [7, 11) is 1.22. The summed E-state index contributed by atoms with van der Waals surface area (Å²) in [6.07, 6.45) is -0.657. The maximum atomic E-state index is 13.5. The minimum absolute atomic E-state index is 0.127. The Kier molecular flexibility index (Phi) is 11.7. The predicted octanol–water partition coefficient (Wildman–Crippen LogP) is 2.67. The molecule has 0 bridgehead atoms. The van der Waals surface area contributed by atoms with E-state index in [1.54, 1.807) is 20.8 Å². The lowest BCUT2D eigenvalue weighted by Crippen LogP contribution is -2.58. The quantitative estimate of drug-likeness (QED) is 0.295. The van der Waals surface area contributed by atoms with Gasteiger partial charge in [-0.25, -0.2) is 9.59 Å². The van der Waals surface area contributed by atoms with Crippen LogP contribution in [-0.2, 0) is 36.7 Å². The normalized spacial score (nSPS) is 13.8. The number of amides is 3. The molecule has 0 aliphatic rings. The number of carbonyl (C=O) groups is 4. The summed E-state index contributed by atoms with van der Waals surface area (Å²) in [6.45, 7) is 8.12. The van der Waals surface area contributed by atoms with Crippen LogP contribution < -0.4 is 16.0 Å². The smallest absolute Gasteiger partial charge is 0.408 e. The average Bonchev–Trinajstić information content (AvgIpc) is 2.86. The van der Waals surface area contributed by atoms with E-state index in [0.717, 1.165) is 11.1 Å². The minimum Gasteiger partial charge on any atom is -0.467 e. The molecule has 3 atom stereocenters. The third kappa shape index (κ3) is 11.9. The van der Waals surface area contributed by atoms with Crippen molar-refractivity contribution in [2.45, 2.75) is 83.2 Å². The van der Waals surface area contributed by atoms with Crippen molar-refractivity contribution in [3.63, 3.8) is 0 Å². The SMILES string of the molecule is COC(=O)[C@H](Cc1ccccc1)NC(=O)[C@H](CC(C)(C)O)NC(=O)[C@H](Cc1ccccc1)NC(=O)OC(C)(C)C. The number of aliphatic hydroxyl groups is 1. The van der Waals surface area contributed by atoms with Crippen molar-refractivity contribution in [3.8, 4) is 0 Å². The molecule has 0 saturated carbocycles. The molecule has 0 heterocycles. The molecule has 10 nitrogen and oxygen atoms in total. The Morgan fingerprint density at radius 1 is 0.725 bits per heavy atom. The van der Waals surface area contributed by atoms with E-state index in [9.17, 15) is 24.3 Å². The standard InChI is InChI=1S/C30H41N3O7/c1-29(2,3)40-28(37)33-22(17-20-13-9-7-10-14-20)25(34)32-24(19-30(4,5)38)26(35)31-23(27(36)39-6)18-21-15-11-8-12-16-21/h7-16,22-24,38H,17-19H2,1-6H3,(H,31,35)(H,32,34)(H,33,37)/t22-,23-,24-/m0/s1. The molecule has 218 valence electrons. The molecule has 2 aromatic rings. The highest BCUT2D eigenvalue weighted by Crippen LogP contribution is 2.14. The van der Waals surface area contributed by atoms with E-state index in [1.165, 1.54) is 21.0 Å². The number of alkyl carbamates (subject to hydrolysis) is 1. The van der Waals surface area contributed by atoms with Crippen molar-refractivity contribution in [3.05, 3.63) is 71.8 Å². The van der Waals surface area contributed by atoms with Crippen LogP contribution in [0.1, 0.15) is 52.2 Å². The van der Waals surface area contributed by atoms with Gasteiger partial charge in [0.2, 0.25) is 11.8 Å². The number of hydrogen-bond acceptors (Lipinski definition) is 7. The molecule has 2 aromatic carbocycles. The molecule has 3 amide bonds. The molecule has 4 N–H and O–H groups in total. The second-order valence-corrected chi connectivity index (χ2v) is 11.2. The highest BCUT2D eigenvalue weighted by atomic mass is 16.6. The zero-order valence-corrected chi connectivity index (χ0v) is 24.0. The van der Waals surface area contributed by atoms with E-state index < -0.39 is 53.2 Å². The first kappa shape index (κ1) is 32.3. The third-order valence-corrected chi connectivity index (χ3v) is 5.71. The van der Waals surface area contributed by atoms with Crippen LogP contribution in [0.2, 0.25) is 0 Å². The van der Waals surface area contributed by atoms with Gasteiger partial charge in [-0.1, -0.05) is 60.7 Å². The van der Waals surface area contributed by atoms with E-state index >= 15 is 0 Å². The van der Waals surface area contributed by atoms with E-state index in [0.29, 0.717) is 0 Å². The van der Waals surface area contributed by atoms with Gasteiger partial charge in [-0.3, -0.25) is 9.59 Å². The Balaban J connectivity index is 2.27. The van der Waals surface area contributed by atoms with Crippen LogP contribution in [0.15, 0.2) is 60.7 Å². The Bertz CT molecular complexity index is 1130. The van der Waals surface area contributed by atoms with Crippen molar-refractivity contribution in [2.24, 2.45) is 0 Å². The zero-order valence-electron chi connectivity index (χ0n) is 24.0. The maximum absolute atomic E-state index is 13.5. The number of methoxy groups -OCH3 is 1. The summed E-state index contributed by atoms with van der Waals surface area (Å²) in [5.41, 5.74) is -0.562. The molecule has 0 saturated heterocycles. The molecule has 2 rings (SSSR count). The monoisotopic (exact) mass is 555 g/mol. The van der Waals surface area contributed by atoms with E-state index in [2.05, 4.69) is 16.0 Å². The van der Waals surface area contributed by atoms with Crippen LogP contribution in [0.25, 0.3) is 0 Å². The fourth-order valence-electron chi connectivity index (χ4n) is 3.95. The first-order chi connectivity index (χ1) is 18.7. The van der Waals surface area contributed by atoms with E-state index in [4.69, 9.17) is 9.47 Å². The number of carbonyl (C=O) groups excluding carboxylic acids is 4. The number of hydrogen-bond donors (Lipinski definition) is 4. The average molecular weight is 556 g/mol. The third-order valence-electron chi connectivity index (χ3n) is 5.71. The summed E-state index contributed by atoms with van der Waals surface area (Å²) in [5.74, 6) is -1.99. The molecule has 0 fully saturated rings. The minimum atomic E-state index is -1.34. The summed E-state index contributed by atoms with van der Waals surface area (Å²) in [5, 5.41) is 18.4. The summed E-state index contributed by atoms with van der Waals surface area (Å²) in [6, 6.07) is 14.8. The molecule has 0 radical (unpaired) electrons. The highest BCUT2D eigenvalue weighted by molar-refractivity contribution is 5.93. The second kappa shape index (κ2) is 14.5. The molecular weight excluding hydrogens is 514 g/mol. The fourth-order valence-corrected chi connectivity index (χ4v) is 3.95. The van der Waals surface area contributed by atoms with Crippen LogP contribution in [0.5, 0.6) is 0 Å². The number of rotatable bonds is 12. The van der Waals surface area contributed by atoms with Crippen LogP contribution >= 0.6 is 0 Å². The van der Waals surface area contributed by atoms with E-state index in [1.807, 2.05) is 60.7 Å². The Morgan fingerprint density at radius 2 is 1.18 bits per heavy atom. The molecule has 10 heteroatoms. The van der Waals surface area contributed by atoms with Crippen molar-refractivity contribution in [1.82, 2.24) is 16.0 Å². The molecule has 0 aromatic heterocycles. The highest BCUT2D eigenvalue weighted by Gasteiger charge is 2.34. The van der Waals surface area contributed by atoms with Crippen LogP contribution in [0.4, 0.5) is 4.79 Å². The fraction of sp³-hybridized carbons (Fsp3) is 0.467. The Hall–Kier alpha value is -3.92. The molecular formula is C30H41N3O7. The molecule has 0 spiro atoms. The summed E-state index contributed by atoms with van der Waals surface area (Å²) in [4.78, 5) is 51.9. The number of esters is 1. The lowest BCUT2D eigenvalue weighted by atomic mass is 9.97. The van der Waals surface area contributed by atoms with Gasteiger partial charge in [-0.05, 0) is 45.7 Å². The Labute approximate surface area is 235 Å². The van der Waals surface area contributed by atoms with Crippen molar-refractivity contribution < 1.29 is 33.8 Å². The second-order valence-electron chi connectivity index (χ2n) is 11.2. The van der Waals surface area contributed by atoms with Gasteiger partial charge < -0.3 is 30.5 Å². The van der Waals surface area contributed by atoms with Crippen molar-refractivity contribution in [2.75, 3.05) is 7.11 Å². The zero-order chi connectivity index (χ0) is 29.9. The molecule has 0 unspecified atom stereocenters. The van der Waals surface area contributed by atoms with Crippen LogP contribution in [0, 0.1) is 0 Å². The van der Waals surface area contributed by atoms with Gasteiger partial charge in [0.25, 0.3) is 0 Å². The van der Waals surface area contributed by atoms with Gasteiger partial charge in [-0.15, -0.1) is 0 Å². The number of benzene rings is 2. The van der Waals surface area contributed by atoms with Gasteiger partial charge in [0.1, 0.15) is 23.7 Å². The van der Waals surface area contributed by atoms with Crippen LogP contribution in [0.3, 0.4) is 0 Å². The van der Waals surface area contributed by atoms with Gasteiger partial charge >= 0.3 is 12.1 Å². The number of ether oxygens (including phenoxy) is 2. The summed E-state index contributed by atoms with van der Waals surface area (Å²) < 4.78 is 10.2. The van der Waals surface area contributed by atoms with Crippen molar-refractivity contribution >= 4 is 23.9 Å². The molecule has 40 heavy (non-hydrogen) atoms. The largest absolute Gasteiger partial charge is 0.467 e. The van der Waals surface area contributed by atoms with Gasteiger partial charge in [0, 0.05) is 19.3 Å². The first-order valence-electron chi connectivity index (χ1n) is 13.1. The predicted molar refractivity (Wildman–Crippen MR) is 150 cm³/mol. The lowest BCUT2D eigenvalue weighted by Gasteiger charge is -2.29. The number of nitrogens with one attached hydrogen (secondary N) is 3. The molecule has 0 aliphatic heterocycles. The van der Waals surface area contributed by atoms with Gasteiger partial charge in [0.05, 0.1) is 12.7 Å².